The highest BCUT2D eigenvalue weighted by Gasteiger charge is 2.19. The van der Waals surface area contributed by atoms with E-state index in [0.717, 1.165) is 22.6 Å². The predicted molar refractivity (Wildman–Crippen MR) is 113 cm³/mol. The van der Waals surface area contributed by atoms with Crippen molar-refractivity contribution in [2.45, 2.75) is 0 Å². The highest BCUT2D eigenvalue weighted by molar-refractivity contribution is 5.93. The normalized spacial score (nSPS) is 12.7. The molecular weight excluding hydrogens is 366 g/mol. The lowest BCUT2D eigenvalue weighted by Crippen LogP contribution is -2.16. The Morgan fingerprint density at radius 1 is 0.862 bits per heavy atom. The third kappa shape index (κ3) is 3.01. The molecule has 0 fully saturated rings. The van der Waals surface area contributed by atoms with Gasteiger partial charge in [-0.15, -0.1) is 0 Å². The highest BCUT2D eigenvalue weighted by Crippen LogP contribution is 2.36. The Hall–Kier alpha value is -3.73. The molecule has 0 unspecified atom stereocenters. The number of aromatic amines is 1. The van der Waals surface area contributed by atoms with Crippen molar-refractivity contribution in [3.05, 3.63) is 77.0 Å². The Labute approximate surface area is 167 Å². The minimum Gasteiger partial charge on any atom is -0.497 e. The number of benzene rings is 3. The van der Waals surface area contributed by atoms with Gasteiger partial charge in [0.2, 0.25) is 0 Å². The molecule has 2 heterocycles. The Kier molecular flexibility index (Phi) is 4.21. The van der Waals surface area contributed by atoms with Gasteiger partial charge in [0.15, 0.2) is 16.9 Å². The van der Waals surface area contributed by atoms with Crippen LogP contribution in [0.15, 0.2) is 71.5 Å². The van der Waals surface area contributed by atoms with Gasteiger partial charge in [-0.1, -0.05) is 30.3 Å². The monoisotopic (exact) mass is 385 g/mol. The van der Waals surface area contributed by atoms with Gasteiger partial charge in [-0.25, -0.2) is 0 Å². The molecule has 0 amide bonds. The van der Waals surface area contributed by atoms with E-state index in [2.05, 4.69) is 4.98 Å². The second-order valence-electron chi connectivity index (χ2n) is 6.84. The molecule has 1 N–H and O–H groups in total. The molecule has 0 aliphatic carbocycles. The van der Waals surface area contributed by atoms with Crippen molar-refractivity contribution in [2.24, 2.45) is 0 Å². The van der Waals surface area contributed by atoms with E-state index in [1.165, 1.54) is 0 Å². The van der Waals surface area contributed by atoms with Gasteiger partial charge in [-0.2, -0.15) is 0 Å². The van der Waals surface area contributed by atoms with Crippen LogP contribution in [0.4, 0.5) is 0 Å². The maximum absolute atomic E-state index is 13.6. The van der Waals surface area contributed by atoms with E-state index < -0.39 is 0 Å². The summed E-state index contributed by atoms with van der Waals surface area (Å²) >= 11 is 0. The first-order valence-electron chi connectivity index (χ1n) is 9.44. The van der Waals surface area contributed by atoms with E-state index in [4.69, 9.17) is 14.2 Å². The third-order valence-corrected chi connectivity index (χ3v) is 5.10. The lowest BCUT2D eigenvalue weighted by Gasteiger charge is -2.19. The zero-order valence-corrected chi connectivity index (χ0v) is 15.9. The summed E-state index contributed by atoms with van der Waals surface area (Å²) in [7, 11) is 1.63. The average molecular weight is 385 g/mol. The van der Waals surface area contributed by atoms with Gasteiger partial charge in [0.1, 0.15) is 19.0 Å². The second kappa shape index (κ2) is 7.02. The van der Waals surface area contributed by atoms with Crippen molar-refractivity contribution >= 4 is 10.9 Å². The van der Waals surface area contributed by atoms with Gasteiger partial charge in [-0.3, -0.25) is 4.79 Å². The molecule has 1 aliphatic rings. The average Bonchev–Trinajstić information content (AvgIpc) is 2.78. The molecule has 1 aliphatic heterocycles. The van der Waals surface area contributed by atoms with E-state index in [0.29, 0.717) is 41.2 Å². The van der Waals surface area contributed by atoms with Crippen LogP contribution in [0, 0.1) is 0 Å². The molecule has 5 heteroatoms. The number of hydrogen-bond donors (Lipinski definition) is 1. The van der Waals surface area contributed by atoms with Crippen LogP contribution < -0.4 is 19.6 Å². The maximum atomic E-state index is 13.6. The van der Waals surface area contributed by atoms with Gasteiger partial charge in [0.25, 0.3) is 0 Å². The van der Waals surface area contributed by atoms with Gasteiger partial charge >= 0.3 is 0 Å². The van der Waals surface area contributed by atoms with Gasteiger partial charge in [0, 0.05) is 6.07 Å². The van der Waals surface area contributed by atoms with Crippen LogP contribution >= 0.6 is 0 Å². The second-order valence-corrected chi connectivity index (χ2v) is 6.84. The Morgan fingerprint density at radius 3 is 2.24 bits per heavy atom. The molecule has 3 aromatic carbocycles. The molecule has 0 bridgehead atoms. The summed E-state index contributed by atoms with van der Waals surface area (Å²) in [6.45, 7) is 0.974. The summed E-state index contributed by atoms with van der Waals surface area (Å²) in [5, 5.41) is 0.574. The van der Waals surface area contributed by atoms with E-state index in [-0.39, 0.29) is 5.43 Å². The first-order chi connectivity index (χ1) is 14.2. The molecule has 0 spiro atoms. The molecular formula is C24H19NO4. The van der Waals surface area contributed by atoms with Crippen molar-refractivity contribution in [3.8, 4) is 39.6 Å². The molecule has 0 radical (unpaired) electrons. The van der Waals surface area contributed by atoms with Crippen LogP contribution in [-0.2, 0) is 0 Å². The predicted octanol–water partition coefficient (Wildman–Crippen LogP) is 4.64. The van der Waals surface area contributed by atoms with E-state index in [1.54, 1.807) is 13.2 Å². The Balaban J connectivity index is 1.82. The minimum absolute atomic E-state index is 0.0484. The molecule has 0 saturated carbocycles. The van der Waals surface area contributed by atoms with Crippen LogP contribution in [0.25, 0.3) is 33.3 Å². The Morgan fingerprint density at radius 2 is 1.55 bits per heavy atom. The molecule has 4 aromatic rings. The number of methoxy groups -OCH3 is 1. The summed E-state index contributed by atoms with van der Waals surface area (Å²) in [4.78, 5) is 17.1. The topological polar surface area (TPSA) is 60.6 Å². The van der Waals surface area contributed by atoms with Crippen molar-refractivity contribution < 1.29 is 14.2 Å². The molecule has 29 heavy (non-hydrogen) atoms. The zero-order valence-electron chi connectivity index (χ0n) is 15.9. The molecule has 0 saturated heterocycles. The standard InChI is InChI=1S/C24H19NO4/c1-27-17-9-7-16(8-10-17)23-22(15-5-3-2-4-6-15)24(26)18-13-20-21(14-19(18)25-23)29-12-11-28-20/h2-10,13-14H,11-12H2,1H3,(H,25,26). The van der Waals surface area contributed by atoms with Gasteiger partial charge in [0.05, 0.1) is 29.3 Å². The number of fused-ring (bicyclic) bond motifs is 2. The fraction of sp³-hybridized carbons (Fsp3) is 0.125. The fourth-order valence-corrected chi connectivity index (χ4v) is 3.68. The molecule has 5 rings (SSSR count). The number of ether oxygens (including phenoxy) is 3. The minimum atomic E-state index is -0.0484. The van der Waals surface area contributed by atoms with Crippen molar-refractivity contribution in [2.75, 3.05) is 20.3 Å². The summed E-state index contributed by atoms with van der Waals surface area (Å²) < 4.78 is 16.7. The zero-order chi connectivity index (χ0) is 19.8. The van der Waals surface area contributed by atoms with E-state index >= 15 is 0 Å². The maximum Gasteiger partial charge on any atom is 0.197 e. The highest BCUT2D eigenvalue weighted by atomic mass is 16.6. The summed E-state index contributed by atoms with van der Waals surface area (Å²) in [5.41, 5.74) is 3.81. The van der Waals surface area contributed by atoms with E-state index in [9.17, 15) is 4.79 Å². The van der Waals surface area contributed by atoms with Gasteiger partial charge in [-0.05, 0) is 41.5 Å². The van der Waals surface area contributed by atoms with Crippen molar-refractivity contribution in [3.63, 3.8) is 0 Å². The van der Waals surface area contributed by atoms with Crippen LogP contribution in [0.1, 0.15) is 0 Å². The summed E-state index contributed by atoms with van der Waals surface area (Å²) in [6.07, 6.45) is 0. The number of aromatic nitrogens is 1. The smallest absolute Gasteiger partial charge is 0.197 e. The number of pyridine rings is 1. The first-order valence-corrected chi connectivity index (χ1v) is 9.44. The third-order valence-electron chi connectivity index (χ3n) is 5.10. The van der Waals surface area contributed by atoms with Crippen LogP contribution in [0.2, 0.25) is 0 Å². The lowest BCUT2D eigenvalue weighted by molar-refractivity contribution is 0.172. The Bertz CT molecular complexity index is 1240. The SMILES string of the molecule is COc1ccc(-c2[nH]c3cc4c(cc3c(=O)c2-c2ccccc2)OCCO4)cc1. The number of hydrogen-bond acceptors (Lipinski definition) is 4. The van der Waals surface area contributed by atoms with Gasteiger partial charge < -0.3 is 19.2 Å². The number of rotatable bonds is 3. The quantitative estimate of drug-likeness (QED) is 0.558. The molecule has 5 nitrogen and oxygen atoms in total. The largest absolute Gasteiger partial charge is 0.497 e. The van der Waals surface area contributed by atoms with Crippen LogP contribution in [0.3, 0.4) is 0 Å². The lowest BCUT2D eigenvalue weighted by atomic mass is 9.96. The van der Waals surface area contributed by atoms with Crippen LogP contribution in [-0.4, -0.2) is 25.3 Å². The summed E-state index contributed by atoms with van der Waals surface area (Å²) in [5.74, 6) is 2.01. The van der Waals surface area contributed by atoms with E-state index in [1.807, 2.05) is 60.7 Å². The van der Waals surface area contributed by atoms with Crippen LogP contribution in [0.5, 0.6) is 17.2 Å². The summed E-state index contributed by atoms with van der Waals surface area (Å²) in [6, 6.07) is 21.0. The number of nitrogens with one attached hydrogen (secondary N) is 1. The molecule has 0 atom stereocenters. The molecule has 1 aromatic heterocycles. The van der Waals surface area contributed by atoms with Crippen molar-refractivity contribution in [1.82, 2.24) is 4.98 Å². The number of H-pyrrole nitrogens is 1. The first kappa shape index (κ1) is 17.4. The fourth-order valence-electron chi connectivity index (χ4n) is 3.68. The van der Waals surface area contributed by atoms with Crippen molar-refractivity contribution in [1.29, 1.82) is 0 Å². The molecule has 144 valence electrons.